The molecular weight excluding hydrogens is 316 g/mol. The van der Waals surface area contributed by atoms with E-state index in [-0.39, 0.29) is 17.9 Å². The minimum atomic E-state index is -0.134. The number of nitrogens with zero attached hydrogens (tertiary/aromatic N) is 1. The Morgan fingerprint density at radius 1 is 1.20 bits per heavy atom. The normalized spacial score (nSPS) is 17.2. The lowest BCUT2D eigenvalue weighted by molar-refractivity contribution is 0.0778. The second-order valence-electron chi connectivity index (χ2n) is 6.57. The fraction of sp³-hybridized carbons (Fsp3) is 0.263. The molecule has 3 aromatic rings. The molecule has 0 bridgehead atoms. The Morgan fingerprint density at radius 2 is 2.08 bits per heavy atom. The van der Waals surface area contributed by atoms with Gasteiger partial charge in [0.15, 0.2) is 0 Å². The summed E-state index contributed by atoms with van der Waals surface area (Å²) in [6.07, 6.45) is 2.48. The molecule has 1 aromatic carbocycles. The van der Waals surface area contributed by atoms with Crippen molar-refractivity contribution in [2.45, 2.75) is 19.4 Å². The van der Waals surface area contributed by atoms with E-state index in [2.05, 4.69) is 21.4 Å². The number of likely N-dealkylation sites (tertiary alicyclic amines) is 1. The first-order chi connectivity index (χ1) is 12.1. The van der Waals surface area contributed by atoms with Crippen molar-refractivity contribution in [2.75, 3.05) is 13.1 Å². The molecule has 6 nitrogen and oxygen atoms in total. The van der Waals surface area contributed by atoms with E-state index in [0.717, 1.165) is 17.3 Å². The number of aromatic amines is 2. The van der Waals surface area contributed by atoms with Gasteiger partial charge in [-0.1, -0.05) is 11.6 Å². The molecule has 2 amide bonds. The Morgan fingerprint density at radius 3 is 2.88 bits per heavy atom. The van der Waals surface area contributed by atoms with Gasteiger partial charge in [0, 0.05) is 36.2 Å². The van der Waals surface area contributed by atoms with Crippen LogP contribution in [-0.4, -0.2) is 45.8 Å². The smallest absolute Gasteiger partial charge is 0.270 e. The van der Waals surface area contributed by atoms with E-state index in [9.17, 15) is 9.59 Å². The Labute approximate surface area is 145 Å². The third kappa shape index (κ3) is 3.03. The second kappa shape index (κ2) is 6.12. The van der Waals surface area contributed by atoms with E-state index in [0.29, 0.717) is 24.5 Å². The van der Waals surface area contributed by atoms with Crippen LogP contribution in [0.1, 0.15) is 33.0 Å². The van der Waals surface area contributed by atoms with Gasteiger partial charge in [-0.25, -0.2) is 0 Å². The van der Waals surface area contributed by atoms with Crippen LogP contribution in [0.4, 0.5) is 0 Å². The maximum Gasteiger partial charge on any atom is 0.270 e. The molecule has 0 radical (unpaired) electrons. The number of amides is 2. The number of hydrogen-bond donors (Lipinski definition) is 3. The van der Waals surface area contributed by atoms with E-state index >= 15 is 0 Å². The molecule has 0 spiro atoms. The SMILES string of the molecule is Cc1ccc2[nH]c(C(=O)N3CC[C@@H](NC(=O)c4ccc[nH]4)C3)cc2c1. The number of rotatable bonds is 3. The third-order valence-corrected chi connectivity index (χ3v) is 4.66. The van der Waals surface area contributed by atoms with Crippen molar-refractivity contribution >= 4 is 22.7 Å². The topological polar surface area (TPSA) is 81.0 Å². The monoisotopic (exact) mass is 336 g/mol. The number of carbonyl (C=O) groups is 2. The van der Waals surface area contributed by atoms with Crippen LogP contribution in [0.5, 0.6) is 0 Å². The molecule has 6 heteroatoms. The number of aromatic nitrogens is 2. The van der Waals surface area contributed by atoms with Crippen LogP contribution in [0.3, 0.4) is 0 Å². The quantitative estimate of drug-likeness (QED) is 0.687. The van der Waals surface area contributed by atoms with Crippen LogP contribution in [-0.2, 0) is 0 Å². The van der Waals surface area contributed by atoms with Gasteiger partial charge in [0.1, 0.15) is 11.4 Å². The number of fused-ring (bicyclic) bond motifs is 1. The van der Waals surface area contributed by atoms with Crippen molar-refractivity contribution in [1.82, 2.24) is 20.2 Å². The zero-order valence-electron chi connectivity index (χ0n) is 14.0. The van der Waals surface area contributed by atoms with Crippen molar-refractivity contribution in [2.24, 2.45) is 0 Å². The predicted octanol–water partition coefficient (Wildman–Crippen LogP) is 2.45. The number of carbonyl (C=O) groups excluding carboxylic acids is 2. The van der Waals surface area contributed by atoms with Crippen molar-refractivity contribution in [1.29, 1.82) is 0 Å². The lowest BCUT2D eigenvalue weighted by atomic mass is 10.2. The molecule has 128 valence electrons. The third-order valence-electron chi connectivity index (χ3n) is 4.66. The number of benzene rings is 1. The molecule has 1 aliphatic heterocycles. The Bertz CT molecular complexity index is 926. The summed E-state index contributed by atoms with van der Waals surface area (Å²) in [6, 6.07) is 11.5. The van der Waals surface area contributed by atoms with E-state index in [1.165, 1.54) is 5.56 Å². The van der Waals surface area contributed by atoms with E-state index in [1.807, 2.05) is 25.1 Å². The minimum absolute atomic E-state index is 0.0219. The summed E-state index contributed by atoms with van der Waals surface area (Å²) in [5, 5.41) is 4.02. The van der Waals surface area contributed by atoms with Crippen LogP contribution >= 0.6 is 0 Å². The molecule has 1 atom stereocenters. The lowest BCUT2D eigenvalue weighted by Gasteiger charge is -2.16. The van der Waals surface area contributed by atoms with Gasteiger partial charge < -0.3 is 20.2 Å². The van der Waals surface area contributed by atoms with E-state index in [4.69, 9.17) is 0 Å². The summed E-state index contributed by atoms with van der Waals surface area (Å²) in [4.78, 5) is 32.7. The van der Waals surface area contributed by atoms with Crippen LogP contribution in [0.25, 0.3) is 10.9 Å². The molecule has 1 aliphatic rings. The van der Waals surface area contributed by atoms with Crippen molar-refractivity contribution in [3.8, 4) is 0 Å². The fourth-order valence-corrected chi connectivity index (χ4v) is 3.33. The molecule has 2 aromatic heterocycles. The molecule has 25 heavy (non-hydrogen) atoms. The maximum absolute atomic E-state index is 12.7. The van der Waals surface area contributed by atoms with Crippen LogP contribution in [0.2, 0.25) is 0 Å². The van der Waals surface area contributed by atoms with Gasteiger partial charge in [-0.15, -0.1) is 0 Å². The Hall–Kier alpha value is -3.02. The molecule has 0 saturated carbocycles. The molecule has 0 unspecified atom stereocenters. The molecule has 0 aliphatic carbocycles. The molecule has 4 rings (SSSR count). The van der Waals surface area contributed by atoms with E-state index < -0.39 is 0 Å². The molecule has 3 heterocycles. The van der Waals surface area contributed by atoms with Gasteiger partial charge in [-0.3, -0.25) is 9.59 Å². The Balaban J connectivity index is 1.43. The molecule has 1 saturated heterocycles. The molecular formula is C19H20N4O2. The van der Waals surface area contributed by atoms with Crippen molar-refractivity contribution in [3.63, 3.8) is 0 Å². The summed E-state index contributed by atoms with van der Waals surface area (Å²) in [5.41, 5.74) is 3.26. The average Bonchev–Trinajstić information content (AvgIpc) is 3.33. The molecule has 1 fully saturated rings. The highest BCUT2D eigenvalue weighted by Crippen LogP contribution is 2.20. The minimum Gasteiger partial charge on any atom is -0.357 e. The zero-order chi connectivity index (χ0) is 17.4. The zero-order valence-corrected chi connectivity index (χ0v) is 14.0. The fourth-order valence-electron chi connectivity index (χ4n) is 3.33. The standard InChI is InChI=1S/C19H20N4O2/c1-12-4-5-15-13(9-12)10-17(22-15)19(25)23-8-6-14(11-23)21-18(24)16-3-2-7-20-16/h2-5,7,9-10,14,20,22H,6,8,11H2,1H3,(H,21,24)/t14-/m1/s1. The maximum atomic E-state index is 12.7. The molecule has 3 N–H and O–H groups in total. The van der Waals surface area contributed by atoms with Crippen LogP contribution < -0.4 is 5.32 Å². The van der Waals surface area contributed by atoms with Gasteiger partial charge in [0.25, 0.3) is 11.8 Å². The number of hydrogen-bond acceptors (Lipinski definition) is 2. The largest absolute Gasteiger partial charge is 0.357 e. The van der Waals surface area contributed by atoms with Crippen molar-refractivity contribution < 1.29 is 9.59 Å². The Kier molecular flexibility index (Phi) is 3.80. The summed E-state index contributed by atoms with van der Waals surface area (Å²) in [6.45, 7) is 3.20. The summed E-state index contributed by atoms with van der Waals surface area (Å²) >= 11 is 0. The number of H-pyrrole nitrogens is 2. The predicted molar refractivity (Wildman–Crippen MR) is 95.6 cm³/mol. The van der Waals surface area contributed by atoms with E-state index in [1.54, 1.807) is 23.2 Å². The van der Waals surface area contributed by atoms with Crippen LogP contribution in [0.15, 0.2) is 42.6 Å². The summed E-state index contributed by atoms with van der Waals surface area (Å²) < 4.78 is 0. The highest BCUT2D eigenvalue weighted by atomic mass is 16.2. The summed E-state index contributed by atoms with van der Waals surface area (Å²) in [7, 11) is 0. The van der Waals surface area contributed by atoms with Gasteiger partial charge in [-0.2, -0.15) is 0 Å². The van der Waals surface area contributed by atoms with Gasteiger partial charge in [-0.05, 0) is 43.7 Å². The van der Waals surface area contributed by atoms with Gasteiger partial charge >= 0.3 is 0 Å². The first-order valence-electron chi connectivity index (χ1n) is 8.43. The van der Waals surface area contributed by atoms with Crippen molar-refractivity contribution in [3.05, 3.63) is 59.5 Å². The highest BCUT2D eigenvalue weighted by molar-refractivity contribution is 5.98. The number of nitrogens with one attached hydrogen (secondary N) is 3. The highest BCUT2D eigenvalue weighted by Gasteiger charge is 2.29. The lowest BCUT2D eigenvalue weighted by Crippen LogP contribution is -2.38. The van der Waals surface area contributed by atoms with Gasteiger partial charge in [0.2, 0.25) is 0 Å². The van der Waals surface area contributed by atoms with Crippen LogP contribution in [0, 0.1) is 6.92 Å². The number of aryl methyl sites for hydroxylation is 1. The first-order valence-corrected chi connectivity index (χ1v) is 8.43. The average molecular weight is 336 g/mol. The first kappa shape index (κ1) is 15.5. The summed E-state index contributed by atoms with van der Waals surface area (Å²) in [5.74, 6) is -0.157. The second-order valence-corrected chi connectivity index (χ2v) is 6.57. The van der Waals surface area contributed by atoms with Gasteiger partial charge in [0.05, 0.1) is 0 Å².